The molecular formula is C72H85N5. The molecule has 3 aromatic heterocycles. The molecule has 77 heavy (non-hydrogen) atoms. The van der Waals surface area contributed by atoms with Crippen LogP contribution in [0.1, 0.15) is 224 Å². The Hall–Kier alpha value is -6.14. The first-order valence-electron chi connectivity index (χ1n) is 30.3. The lowest BCUT2D eigenvalue weighted by atomic mass is 9.77. The van der Waals surface area contributed by atoms with Crippen molar-refractivity contribution in [2.45, 2.75) is 162 Å². The van der Waals surface area contributed by atoms with Gasteiger partial charge >= 0.3 is 0 Å². The van der Waals surface area contributed by atoms with Gasteiger partial charge < -0.3 is 25.2 Å². The Morgan fingerprint density at radius 3 is 1.74 bits per heavy atom. The number of nitrogens with zero attached hydrogens (tertiary/aromatic N) is 3. The summed E-state index contributed by atoms with van der Waals surface area (Å²) >= 11 is 0. The highest BCUT2D eigenvalue weighted by molar-refractivity contribution is 5.87. The second-order valence-corrected chi connectivity index (χ2v) is 24.7. The maximum Gasteiger partial charge on any atom is 0.0538 e. The van der Waals surface area contributed by atoms with E-state index in [4.69, 9.17) is 11.5 Å². The Bertz CT molecular complexity index is 3360. The molecule has 2 fully saturated rings. The van der Waals surface area contributed by atoms with Crippen molar-refractivity contribution in [2.75, 3.05) is 6.54 Å². The molecule has 0 aliphatic heterocycles. The molecule has 5 atom stereocenters. The Kier molecular flexibility index (Phi) is 14.7. The summed E-state index contributed by atoms with van der Waals surface area (Å²) in [5, 5.41) is 0. The van der Waals surface area contributed by atoms with Crippen LogP contribution in [0.3, 0.4) is 0 Å². The molecule has 5 heteroatoms. The molecule has 0 spiro atoms. The van der Waals surface area contributed by atoms with Crippen LogP contribution in [0.2, 0.25) is 0 Å². The summed E-state index contributed by atoms with van der Waals surface area (Å²) in [5.41, 5.74) is 39.8. The average Bonchev–Trinajstić information content (AvgIpc) is 3.99. The zero-order chi connectivity index (χ0) is 52.8. The third-order valence-corrected chi connectivity index (χ3v) is 18.7. The molecule has 398 valence electrons. The molecule has 5 nitrogen and oxygen atoms in total. The van der Waals surface area contributed by atoms with Gasteiger partial charge in [-0.15, -0.1) is 0 Å². The van der Waals surface area contributed by atoms with Crippen molar-refractivity contribution < 1.29 is 0 Å². The van der Waals surface area contributed by atoms with Crippen LogP contribution in [0.25, 0.3) is 90.0 Å². The van der Waals surface area contributed by atoms with E-state index in [1.54, 1.807) is 5.57 Å². The molecule has 2 saturated carbocycles. The first-order chi connectivity index (χ1) is 37.6. The molecule has 4 bridgehead atoms. The number of fused-ring (bicyclic) bond motifs is 13. The summed E-state index contributed by atoms with van der Waals surface area (Å²) < 4.78 is 7.91. The van der Waals surface area contributed by atoms with Crippen molar-refractivity contribution in [1.82, 2.24) is 13.7 Å². The highest BCUT2D eigenvalue weighted by Crippen LogP contribution is 2.46. The van der Waals surface area contributed by atoms with Crippen LogP contribution in [-0.4, -0.2) is 25.8 Å². The van der Waals surface area contributed by atoms with E-state index < -0.39 is 0 Å². The van der Waals surface area contributed by atoms with Crippen LogP contribution < -0.4 is 11.5 Å². The van der Waals surface area contributed by atoms with E-state index >= 15 is 0 Å². The van der Waals surface area contributed by atoms with Crippen LogP contribution in [0.15, 0.2) is 88.6 Å². The number of hydrogen-bond donors (Lipinski definition) is 2. The van der Waals surface area contributed by atoms with Gasteiger partial charge in [-0.2, -0.15) is 0 Å². The van der Waals surface area contributed by atoms with Crippen molar-refractivity contribution in [3.05, 3.63) is 156 Å². The smallest absolute Gasteiger partial charge is 0.0538 e. The van der Waals surface area contributed by atoms with Gasteiger partial charge in [0, 0.05) is 45.5 Å². The molecular weight excluding hydrogens is 935 g/mol. The second kappa shape index (κ2) is 21.9. The summed E-state index contributed by atoms with van der Waals surface area (Å²) in [6, 6.07) is 7.59. The monoisotopic (exact) mass is 1020 g/mol. The zero-order valence-corrected chi connectivity index (χ0v) is 47.1. The van der Waals surface area contributed by atoms with E-state index in [2.05, 4.69) is 182 Å². The highest BCUT2D eigenvalue weighted by Gasteiger charge is 2.33. The molecule has 8 aliphatic carbocycles. The molecule has 0 radical (unpaired) electrons. The summed E-state index contributed by atoms with van der Waals surface area (Å²) in [5.74, 6) is 1.93. The van der Waals surface area contributed by atoms with Crippen LogP contribution in [0.5, 0.6) is 0 Å². The van der Waals surface area contributed by atoms with E-state index in [0.29, 0.717) is 30.2 Å². The molecule has 4 N–H and O–H groups in total. The number of benzene rings is 1. The molecule has 5 unspecified atom stereocenters. The van der Waals surface area contributed by atoms with Gasteiger partial charge in [-0.3, -0.25) is 0 Å². The fraction of sp³-hybridized carbons (Fsp3) is 0.417. The molecule has 3 heterocycles. The van der Waals surface area contributed by atoms with Gasteiger partial charge in [-0.1, -0.05) is 128 Å². The Labute approximate surface area is 461 Å². The van der Waals surface area contributed by atoms with E-state index in [9.17, 15) is 0 Å². The van der Waals surface area contributed by atoms with Gasteiger partial charge in [0.2, 0.25) is 0 Å². The summed E-state index contributed by atoms with van der Waals surface area (Å²) in [6.07, 6.45) is 68.4. The number of hydrogen-bond acceptors (Lipinski definition) is 2. The minimum Gasteiger partial charge on any atom is -0.327 e. The van der Waals surface area contributed by atoms with Crippen LogP contribution in [-0.2, 0) is 0 Å². The lowest BCUT2D eigenvalue weighted by Gasteiger charge is -2.33. The molecule has 0 saturated heterocycles. The standard InChI is InChI=1S/C72H85N5/c1-6-51-25-29-68-61(37-49(4)35-51)60-22-13-10-11-17-48(3)24-28-67(60)76(68)58-43-57(75-66-23-14-9-8-12-18-56(47-73)42-65(66)62-38-50(5)36-52(7-2)26-30-69(62)75)44-59(45-58)77-70-31-27-53-19-15-20-54(39-53)40-63(70)64-41-55-21-16-33-72(74,46-55)34-32-71(64)77/h13-14,22-32,34,37-38,40-45,48,51-53H,6-12,15-21,33,35-36,39,46-47,73-74H2,1-5H3/b22-13+,23-14-,28-24-,29-25-,30-26-,31-27-,34-32-,49-37-,50-38-,54-40-,55-41-,56-42-. The Balaban J connectivity index is 1.24. The second-order valence-electron chi connectivity index (χ2n) is 24.7. The van der Waals surface area contributed by atoms with Crippen molar-refractivity contribution in [2.24, 2.45) is 35.1 Å². The predicted octanol–water partition coefficient (Wildman–Crippen LogP) is 18.8. The van der Waals surface area contributed by atoms with Crippen molar-refractivity contribution in [1.29, 1.82) is 0 Å². The lowest BCUT2D eigenvalue weighted by Crippen LogP contribution is -2.40. The fourth-order valence-corrected chi connectivity index (χ4v) is 14.4. The van der Waals surface area contributed by atoms with Gasteiger partial charge in [0.1, 0.15) is 0 Å². The fourth-order valence-electron chi connectivity index (χ4n) is 14.4. The number of aromatic nitrogens is 3. The van der Waals surface area contributed by atoms with Crippen molar-refractivity contribution in [3.63, 3.8) is 0 Å². The molecule has 0 amide bonds. The minimum atomic E-state index is -0.366. The molecule has 8 aliphatic rings. The minimum absolute atomic E-state index is 0.366. The Morgan fingerprint density at radius 2 is 1.06 bits per heavy atom. The third-order valence-electron chi connectivity index (χ3n) is 18.7. The topological polar surface area (TPSA) is 66.8 Å². The molecule has 1 aromatic carbocycles. The summed E-state index contributed by atoms with van der Waals surface area (Å²) in [6.45, 7) is 12.3. The summed E-state index contributed by atoms with van der Waals surface area (Å²) in [4.78, 5) is 0. The van der Waals surface area contributed by atoms with Crippen LogP contribution >= 0.6 is 0 Å². The SMILES string of the molecule is CCC1/C=C\c2c(c3c(n2-c2cc(-n4c5c(c6c4/C=C\C4(N)CCC/C(=C/6)C4)/C=C4/CCCC(/C=C\5)C4)cc(-n4c5c(c6c4/C=C\C(C)CCC/C=C/6)/C=C(/C)CC(CC)/C=C\5)c2)/C=C\CCCC/C(CN)=C/3)/C=C(/C)C1. The van der Waals surface area contributed by atoms with E-state index in [0.717, 1.165) is 107 Å². The van der Waals surface area contributed by atoms with Gasteiger partial charge in [0.15, 0.2) is 0 Å². The third kappa shape index (κ3) is 10.3. The van der Waals surface area contributed by atoms with Crippen LogP contribution in [0, 0.1) is 23.7 Å². The number of nitrogens with two attached hydrogens (primary N) is 2. The largest absolute Gasteiger partial charge is 0.327 e. The lowest BCUT2D eigenvalue weighted by molar-refractivity contribution is 0.421. The zero-order valence-electron chi connectivity index (χ0n) is 47.1. The van der Waals surface area contributed by atoms with Crippen LogP contribution in [0.4, 0.5) is 0 Å². The van der Waals surface area contributed by atoms with Gasteiger partial charge in [0.25, 0.3) is 0 Å². The average molecular weight is 1020 g/mol. The van der Waals surface area contributed by atoms with Crippen molar-refractivity contribution >= 4 is 72.9 Å². The molecule has 4 aromatic rings. The van der Waals surface area contributed by atoms with Gasteiger partial charge in [0.05, 0.1) is 51.2 Å². The maximum absolute atomic E-state index is 7.40. The number of rotatable bonds is 6. The summed E-state index contributed by atoms with van der Waals surface area (Å²) in [7, 11) is 0. The first kappa shape index (κ1) is 51.6. The van der Waals surface area contributed by atoms with Crippen molar-refractivity contribution in [3.8, 4) is 17.1 Å². The first-order valence-corrected chi connectivity index (χ1v) is 30.3. The highest BCUT2D eigenvalue weighted by atomic mass is 15.1. The van der Waals surface area contributed by atoms with Gasteiger partial charge in [-0.05, 0) is 214 Å². The number of allylic oxidation sites excluding steroid dienone is 9. The van der Waals surface area contributed by atoms with E-state index in [1.807, 2.05) is 0 Å². The molecule has 12 rings (SSSR count). The Morgan fingerprint density at radius 1 is 0.519 bits per heavy atom. The quantitative estimate of drug-likeness (QED) is 0.202. The van der Waals surface area contributed by atoms with E-state index in [1.165, 1.54) is 122 Å². The predicted molar refractivity (Wildman–Crippen MR) is 334 cm³/mol. The van der Waals surface area contributed by atoms with E-state index in [-0.39, 0.29) is 5.54 Å². The maximum atomic E-state index is 7.40. The van der Waals surface area contributed by atoms with Gasteiger partial charge in [-0.25, -0.2) is 0 Å². The normalized spacial score (nSPS) is 31.2.